The number of aromatic hydroxyl groups is 1. The number of phenolic OH excluding ortho intramolecular Hbond substituents is 1. The van der Waals surface area contributed by atoms with Gasteiger partial charge in [-0.15, -0.1) is 0 Å². The number of hydrogen-bond acceptors (Lipinski definition) is 6. The highest BCUT2D eigenvalue weighted by Crippen LogP contribution is 2.43. The van der Waals surface area contributed by atoms with Gasteiger partial charge in [-0.2, -0.15) is 18.4 Å². The van der Waals surface area contributed by atoms with Crippen LogP contribution in [0.2, 0.25) is 0 Å². The summed E-state index contributed by atoms with van der Waals surface area (Å²) in [5.41, 5.74) is -3.55. The molecule has 0 unspecified atom stereocenters. The van der Waals surface area contributed by atoms with Crippen molar-refractivity contribution in [1.82, 2.24) is 0 Å². The van der Waals surface area contributed by atoms with Crippen LogP contribution >= 0.6 is 0 Å². The first-order valence-corrected chi connectivity index (χ1v) is 11.3. The Kier molecular flexibility index (Phi) is 8.05. The van der Waals surface area contributed by atoms with Gasteiger partial charge in [0.15, 0.2) is 0 Å². The smallest absolute Gasteiger partial charge is 0.417 e. The van der Waals surface area contributed by atoms with Gasteiger partial charge in [-0.05, 0) is 42.0 Å². The molecule has 0 aliphatic rings. The Balaban J connectivity index is 2.13. The van der Waals surface area contributed by atoms with Gasteiger partial charge < -0.3 is 20.4 Å². The number of carboxylic acid groups (broad SMARTS) is 1. The number of carboxylic acids is 1. The number of nitriles is 1. The summed E-state index contributed by atoms with van der Waals surface area (Å²) in [6.45, 7) is 1.54. The van der Waals surface area contributed by atoms with Gasteiger partial charge in [-0.3, -0.25) is 15.0 Å². The molecule has 0 radical (unpaired) electrons. The first-order valence-electron chi connectivity index (χ1n) is 11.3. The maximum atomic E-state index is 13.8. The van der Waals surface area contributed by atoms with Gasteiger partial charge in [0.05, 0.1) is 34.1 Å². The van der Waals surface area contributed by atoms with Crippen molar-refractivity contribution in [1.29, 1.82) is 10.7 Å². The monoisotopic (exact) mass is 538 g/mol. The van der Waals surface area contributed by atoms with Crippen molar-refractivity contribution < 1.29 is 37.8 Å². The first-order chi connectivity index (χ1) is 18.3. The number of hydrogen-bond donors (Lipinski definition) is 4. The van der Waals surface area contributed by atoms with Gasteiger partial charge in [0.1, 0.15) is 11.5 Å². The average molecular weight is 538 g/mol. The van der Waals surface area contributed by atoms with Crippen LogP contribution in [0, 0.1) is 16.7 Å². The molecule has 0 atom stereocenters. The SMILES string of the molecule is CCC(=O)N(C)c1cc(C(=N)C(=O)Nc2ccc(C#N)cc2C(=O)O)c(O)cc1-c1ccccc1C(F)(F)F. The maximum absolute atomic E-state index is 13.8. The predicted octanol–water partition coefficient (Wildman–Crippen LogP) is 5.03. The Morgan fingerprint density at radius 2 is 1.72 bits per heavy atom. The molecule has 0 aliphatic heterocycles. The Morgan fingerprint density at radius 3 is 2.31 bits per heavy atom. The topological polar surface area (TPSA) is 155 Å². The van der Waals surface area contributed by atoms with Crippen LogP contribution in [-0.4, -0.2) is 40.8 Å². The van der Waals surface area contributed by atoms with Crippen molar-refractivity contribution >= 4 is 34.9 Å². The zero-order chi connectivity index (χ0) is 29.1. The van der Waals surface area contributed by atoms with Gasteiger partial charge in [-0.25, -0.2) is 4.79 Å². The molecule has 12 heteroatoms. The van der Waals surface area contributed by atoms with E-state index in [9.17, 15) is 37.8 Å². The predicted molar refractivity (Wildman–Crippen MR) is 136 cm³/mol. The quantitative estimate of drug-likeness (QED) is 0.310. The van der Waals surface area contributed by atoms with E-state index in [1.807, 2.05) is 0 Å². The first kappa shape index (κ1) is 28.4. The molecule has 0 heterocycles. The zero-order valence-electron chi connectivity index (χ0n) is 20.6. The molecule has 39 heavy (non-hydrogen) atoms. The lowest BCUT2D eigenvalue weighted by Gasteiger charge is -2.24. The van der Waals surface area contributed by atoms with E-state index < -0.39 is 52.1 Å². The summed E-state index contributed by atoms with van der Waals surface area (Å²) in [6, 6.07) is 11.7. The molecule has 4 N–H and O–H groups in total. The van der Waals surface area contributed by atoms with Crippen LogP contribution in [0.15, 0.2) is 54.6 Å². The molecule has 0 aliphatic carbocycles. The molecule has 200 valence electrons. The van der Waals surface area contributed by atoms with Crippen LogP contribution in [0.4, 0.5) is 24.5 Å². The third kappa shape index (κ3) is 5.88. The molecular weight excluding hydrogens is 517 g/mol. The van der Waals surface area contributed by atoms with Crippen LogP contribution in [0.3, 0.4) is 0 Å². The fourth-order valence-electron chi connectivity index (χ4n) is 3.81. The summed E-state index contributed by atoms with van der Waals surface area (Å²) < 4.78 is 41.3. The third-order valence-electron chi connectivity index (χ3n) is 5.80. The summed E-state index contributed by atoms with van der Waals surface area (Å²) >= 11 is 0. The lowest BCUT2D eigenvalue weighted by Crippen LogP contribution is -2.27. The van der Waals surface area contributed by atoms with Crippen LogP contribution in [0.25, 0.3) is 11.1 Å². The van der Waals surface area contributed by atoms with E-state index in [0.29, 0.717) is 0 Å². The molecule has 0 aromatic heterocycles. The molecular formula is C27H21F3N4O5. The summed E-state index contributed by atoms with van der Waals surface area (Å²) in [6.07, 6.45) is -4.77. The average Bonchev–Trinajstić information content (AvgIpc) is 2.91. The van der Waals surface area contributed by atoms with Crippen molar-refractivity contribution in [3.05, 3.63) is 76.9 Å². The summed E-state index contributed by atoms with van der Waals surface area (Å²) in [4.78, 5) is 38.0. The van der Waals surface area contributed by atoms with E-state index in [2.05, 4.69) is 5.32 Å². The fourth-order valence-corrected chi connectivity index (χ4v) is 3.81. The summed E-state index contributed by atoms with van der Waals surface area (Å²) in [7, 11) is 1.31. The summed E-state index contributed by atoms with van der Waals surface area (Å²) in [5, 5.41) is 39.7. The number of carbonyl (C=O) groups excluding carboxylic acids is 2. The number of rotatable bonds is 7. The normalized spacial score (nSPS) is 10.9. The number of nitrogens with one attached hydrogen (secondary N) is 2. The second-order valence-corrected chi connectivity index (χ2v) is 8.24. The number of phenols is 1. The zero-order valence-corrected chi connectivity index (χ0v) is 20.6. The standard InChI is InChI=1S/C27H21F3N4O5/c1-3-23(36)34(2)21-11-18(22(35)12-16(21)15-6-4-5-7-19(15)27(28,29)30)24(32)25(37)33-20-9-8-14(13-31)10-17(20)26(38)39/h4-12,32,35H,3H2,1-2H3,(H,33,37)(H,38,39). The number of alkyl halides is 3. The van der Waals surface area contributed by atoms with Crippen molar-refractivity contribution in [3.8, 4) is 22.9 Å². The third-order valence-corrected chi connectivity index (χ3v) is 5.80. The number of aromatic carboxylic acids is 1. The molecule has 0 bridgehead atoms. The number of nitrogens with zero attached hydrogens (tertiary/aromatic N) is 2. The van der Waals surface area contributed by atoms with Crippen molar-refractivity contribution in [2.75, 3.05) is 17.3 Å². The molecule has 0 fully saturated rings. The molecule has 0 spiro atoms. The van der Waals surface area contributed by atoms with Gasteiger partial charge in [0.25, 0.3) is 5.91 Å². The molecule has 3 rings (SSSR count). The minimum atomic E-state index is -4.76. The minimum Gasteiger partial charge on any atom is -0.507 e. The molecule has 3 aromatic rings. The van der Waals surface area contributed by atoms with E-state index in [-0.39, 0.29) is 34.5 Å². The highest BCUT2D eigenvalue weighted by Gasteiger charge is 2.35. The van der Waals surface area contributed by atoms with Crippen LogP contribution < -0.4 is 10.2 Å². The van der Waals surface area contributed by atoms with Gasteiger partial charge in [0, 0.05) is 24.6 Å². The van der Waals surface area contributed by atoms with Crippen LogP contribution in [0.1, 0.15) is 40.4 Å². The molecule has 0 saturated heterocycles. The van der Waals surface area contributed by atoms with Crippen LogP contribution in [-0.2, 0) is 15.8 Å². The number of benzene rings is 3. The van der Waals surface area contributed by atoms with Crippen molar-refractivity contribution in [3.63, 3.8) is 0 Å². The van der Waals surface area contributed by atoms with Crippen molar-refractivity contribution in [2.24, 2.45) is 0 Å². The fraction of sp³-hybridized carbons (Fsp3) is 0.148. The Hall–Kier alpha value is -5.18. The van der Waals surface area contributed by atoms with E-state index in [1.165, 1.54) is 38.2 Å². The van der Waals surface area contributed by atoms with Gasteiger partial charge >= 0.3 is 12.1 Å². The number of halogens is 3. The molecule has 0 saturated carbocycles. The number of amides is 2. The van der Waals surface area contributed by atoms with Gasteiger partial charge in [-0.1, -0.05) is 25.1 Å². The maximum Gasteiger partial charge on any atom is 0.417 e. The number of anilines is 2. The summed E-state index contributed by atoms with van der Waals surface area (Å²) in [5.74, 6) is -3.82. The van der Waals surface area contributed by atoms with E-state index in [0.717, 1.165) is 35.2 Å². The second-order valence-electron chi connectivity index (χ2n) is 8.24. The lowest BCUT2D eigenvalue weighted by molar-refractivity contribution is -0.137. The van der Waals surface area contributed by atoms with E-state index in [4.69, 9.17) is 10.7 Å². The van der Waals surface area contributed by atoms with E-state index in [1.54, 1.807) is 6.07 Å². The van der Waals surface area contributed by atoms with Crippen LogP contribution in [0.5, 0.6) is 5.75 Å². The largest absolute Gasteiger partial charge is 0.507 e. The number of carbonyl (C=O) groups is 3. The highest BCUT2D eigenvalue weighted by atomic mass is 19.4. The highest BCUT2D eigenvalue weighted by molar-refractivity contribution is 6.48. The Bertz CT molecular complexity index is 1540. The minimum absolute atomic E-state index is 0.0122. The lowest BCUT2D eigenvalue weighted by atomic mass is 9.94. The second kappa shape index (κ2) is 11.1. The Labute approximate surface area is 220 Å². The van der Waals surface area contributed by atoms with Crippen molar-refractivity contribution in [2.45, 2.75) is 19.5 Å². The molecule has 2 amide bonds. The van der Waals surface area contributed by atoms with Gasteiger partial charge in [0.2, 0.25) is 5.91 Å². The molecule has 9 nitrogen and oxygen atoms in total. The molecule has 3 aromatic carbocycles. The Morgan fingerprint density at radius 1 is 1.05 bits per heavy atom. The van der Waals surface area contributed by atoms with E-state index >= 15 is 0 Å².